The number of fused-ring (bicyclic) bond motifs is 1. The highest BCUT2D eigenvalue weighted by atomic mass is 16.7. The molecule has 4 rings (SSSR count). The zero-order chi connectivity index (χ0) is 18.6. The highest BCUT2D eigenvalue weighted by Gasteiger charge is 2.15. The van der Waals surface area contributed by atoms with Gasteiger partial charge in [-0.1, -0.05) is 0 Å². The maximum Gasteiger partial charge on any atom is 0.256 e. The minimum Gasteiger partial charge on any atom is -0.491 e. The molecule has 2 heterocycles. The lowest BCUT2D eigenvalue weighted by Crippen LogP contribution is -2.12. The van der Waals surface area contributed by atoms with Gasteiger partial charge in [0.2, 0.25) is 6.79 Å². The number of hydrogen-bond donors (Lipinski definition) is 3. The summed E-state index contributed by atoms with van der Waals surface area (Å²) >= 11 is 0. The maximum atomic E-state index is 12.4. The van der Waals surface area contributed by atoms with Crippen molar-refractivity contribution in [2.75, 3.05) is 25.3 Å². The number of nitrogens with zero attached hydrogens (tertiary/aromatic N) is 1. The molecule has 1 aliphatic heterocycles. The molecule has 0 unspecified atom stereocenters. The summed E-state index contributed by atoms with van der Waals surface area (Å²) in [5.41, 5.74) is 2.00. The molecular weight excluding hydrogens is 350 g/mol. The molecule has 2 aromatic carbocycles. The first-order valence-corrected chi connectivity index (χ1v) is 8.33. The molecule has 0 saturated heterocycles. The van der Waals surface area contributed by atoms with Gasteiger partial charge in [-0.05, 0) is 42.5 Å². The number of aromatic nitrogens is 2. The molecule has 0 atom stereocenters. The van der Waals surface area contributed by atoms with Crippen LogP contribution in [-0.4, -0.2) is 41.2 Å². The molecule has 0 bridgehead atoms. The summed E-state index contributed by atoms with van der Waals surface area (Å²) in [4.78, 5) is 12.4. The van der Waals surface area contributed by atoms with Crippen LogP contribution in [0.15, 0.2) is 48.5 Å². The summed E-state index contributed by atoms with van der Waals surface area (Å²) in [6, 6.07) is 13.9. The number of aliphatic hydroxyl groups excluding tert-OH is 1. The molecular formula is C19H17N3O5. The van der Waals surface area contributed by atoms with Crippen molar-refractivity contribution in [2.45, 2.75) is 0 Å². The molecule has 0 aliphatic carbocycles. The van der Waals surface area contributed by atoms with Crippen molar-refractivity contribution < 1.29 is 24.1 Å². The number of ether oxygens (including phenoxy) is 3. The van der Waals surface area contributed by atoms with Crippen molar-refractivity contribution in [1.82, 2.24) is 10.2 Å². The number of amides is 1. The van der Waals surface area contributed by atoms with E-state index in [2.05, 4.69) is 15.5 Å². The van der Waals surface area contributed by atoms with Gasteiger partial charge in [0, 0.05) is 17.2 Å². The van der Waals surface area contributed by atoms with Gasteiger partial charge in [0.25, 0.3) is 5.91 Å². The smallest absolute Gasteiger partial charge is 0.256 e. The number of H-pyrrole nitrogens is 1. The normalized spacial score (nSPS) is 12.0. The summed E-state index contributed by atoms with van der Waals surface area (Å²) in [5.74, 6) is 2.17. The Labute approximate surface area is 154 Å². The summed E-state index contributed by atoms with van der Waals surface area (Å²) < 4.78 is 15.9. The van der Waals surface area contributed by atoms with Gasteiger partial charge in [-0.15, -0.1) is 0 Å². The fourth-order valence-corrected chi connectivity index (χ4v) is 2.65. The molecule has 1 aromatic heterocycles. The number of carbonyl (C=O) groups is 1. The van der Waals surface area contributed by atoms with Crippen LogP contribution in [0.3, 0.4) is 0 Å². The first-order valence-electron chi connectivity index (χ1n) is 8.33. The summed E-state index contributed by atoms with van der Waals surface area (Å²) in [6.07, 6.45) is 0. The Balaban J connectivity index is 1.43. The van der Waals surface area contributed by atoms with E-state index in [0.717, 1.165) is 5.56 Å². The third kappa shape index (κ3) is 3.70. The van der Waals surface area contributed by atoms with Gasteiger partial charge in [0.15, 0.2) is 11.5 Å². The largest absolute Gasteiger partial charge is 0.491 e. The summed E-state index contributed by atoms with van der Waals surface area (Å²) in [6.45, 7) is 0.362. The van der Waals surface area contributed by atoms with E-state index in [1.54, 1.807) is 30.3 Å². The zero-order valence-corrected chi connectivity index (χ0v) is 14.3. The van der Waals surface area contributed by atoms with Crippen LogP contribution in [0.1, 0.15) is 10.4 Å². The Morgan fingerprint density at radius 3 is 2.78 bits per heavy atom. The minimum atomic E-state index is -0.274. The second-order valence-corrected chi connectivity index (χ2v) is 5.79. The fraction of sp³-hybridized carbons (Fsp3) is 0.158. The van der Waals surface area contributed by atoms with Crippen molar-refractivity contribution in [3.63, 3.8) is 0 Å². The highest BCUT2D eigenvalue weighted by molar-refractivity contribution is 6.04. The van der Waals surface area contributed by atoms with E-state index in [0.29, 0.717) is 34.3 Å². The van der Waals surface area contributed by atoms with Crippen LogP contribution in [-0.2, 0) is 0 Å². The van der Waals surface area contributed by atoms with Crippen LogP contribution in [0.25, 0.3) is 11.3 Å². The third-order valence-electron chi connectivity index (χ3n) is 3.97. The van der Waals surface area contributed by atoms with Gasteiger partial charge in [-0.25, -0.2) is 0 Å². The lowest BCUT2D eigenvalue weighted by molar-refractivity contribution is 0.102. The highest BCUT2D eigenvalue weighted by Crippen LogP contribution is 2.35. The number of anilines is 1. The van der Waals surface area contributed by atoms with Gasteiger partial charge < -0.3 is 24.6 Å². The molecule has 1 aliphatic rings. The van der Waals surface area contributed by atoms with Crippen molar-refractivity contribution in [3.05, 3.63) is 54.1 Å². The lowest BCUT2D eigenvalue weighted by Gasteiger charge is -2.05. The molecule has 138 valence electrons. The number of aliphatic hydroxyl groups is 1. The van der Waals surface area contributed by atoms with Crippen molar-refractivity contribution >= 4 is 11.7 Å². The van der Waals surface area contributed by atoms with Gasteiger partial charge in [-0.2, -0.15) is 5.10 Å². The SMILES string of the molecule is O=C(Nc1cc(-c2ccc3c(c2)OCO3)n[nH]1)c1ccc(OCCO)cc1. The maximum absolute atomic E-state index is 12.4. The Morgan fingerprint density at radius 1 is 1.15 bits per heavy atom. The number of aromatic amines is 1. The number of carbonyl (C=O) groups excluding carboxylic acids is 1. The van der Waals surface area contributed by atoms with Crippen molar-refractivity contribution in [2.24, 2.45) is 0 Å². The second kappa shape index (κ2) is 7.38. The molecule has 27 heavy (non-hydrogen) atoms. The summed E-state index contributed by atoms with van der Waals surface area (Å²) in [5, 5.41) is 18.6. The molecule has 0 fully saturated rings. The standard InChI is InChI=1S/C19H17N3O5/c23-7-8-25-14-4-1-12(2-5-14)19(24)20-18-10-15(21-22-18)13-3-6-16-17(9-13)27-11-26-16/h1-6,9-10,23H,7-8,11H2,(H2,20,21,22,24). The first-order chi connectivity index (χ1) is 13.2. The van der Waals surface area contributed by atoms with Crippen LogP contribution < -0.4 is 19.5 Å². The van der Waals surface area contributed by atoms with E-state index >= 15 is 0 Å². The Hall–Kier alpha value is -3.52. The predicted molar refractivity (Wildman–Crippen MR) is 97.1 cm³/mol. The predicted octanol–water partition coefficient (Wildman–Crippen LogP) is 2.43. The van der Waals surface area contributed by atoms with Gasteiger partial charge >= 0.3 is 0 Å². The first kappa shape index (κ1) is 16.9. The van der Waals surface area contributed by atoms with Crippen LogP contribution in [0.4, 0.5) is 5.82 Å². The van der Waals surface area contributed by atoms with E-state index in [9.17, 15) is 4.79 Å². The number of rotatable bonds is 6. The zero-order valence-electron chi connectivity index (χ0n) is 14.3. The monoisotopic (exact) mass is 367 g/mol. The molecule has 8 nitrogen and oxygen atoms in total. The number of nitrogens with one attached hydrogen (secondary N) is 2. The van der Waals surface area contributed by atoms with Crippen LogP contribution >= 0.6 is 0 Å². The molecule has 1 amide bonds. The molecule has 8 heteroatoms. The molecule has 0 saturated carbocycles. The number of benzene rings is 2. The van der Waals surface area contributed by atoms with Gasteiger partial charge in [0.05, 0.1) is 12.3 Å². The average molecular weight is 367 g/mol. The second-order valence-electron chi connectivity index (χ2n) is 5.79. The Kier molecular flexibility index (Phi) is 4.63. The number of hydrogen-bond acceptors (Lipinski definition) is 6. The van der Waals surface area contributed by atoms with Crippen LogP contribution in [0.5, 0.6) is 17.2 Å². The van der Waals surface area contributed by atoms with E-state index in [1.807, 2.05) is 18.2 Å². The van der Waals surface area contributed by atoms with Gasteiger partial charge in [-0.3, -0.25) is 9.89 Å². The molecule has 0 radical (unpaired) electrons. The van der Waals surface area contributed by atoms with Crippen molar-refractivity contribution in [3.8, 4) is 28.5 Å². The molecule has 3 N–H and O–H groups in total. The Bertz CT molecular complexity index is 952. The topological polar surface area (TPSA) is 106 Å². The molecule has 3 aromatic rings. The van der Waals surface area contributed by atoms with E-state index in [4.69, 9.17) is 19.3 Å². The van der Waals surface area contributed by atoms with E-state index in [-0.39, 0.29) is 25.9 Å². The van der Waals surface area contributed by atoms with Gasteiger partial charge in [0.1, 0.15) is 18.2 Å². The van der Waals surface area contributed by atoms with Crippen molar-refractivity contribution in [1.29, 1.82) is 0 Å². The average Bonchev–Trinajstić information content (AvgIpc) is 3.35. The third-order valence-corrected chi connectivity index (χ3v) is 3.97. The Morgan fingerprint density at radius 2 is 1.96 bits per heavy atom. The minimum absolute atomic E-state index is 0.0617. The van der Waals surface area contributed by atoms with Crippen LogP contribution in [0, 0.1) is 0 Å². The quantitative estimate of drug-likeness (QED) is 0.618. The fourth-order valence-electron chi connectivity index (χ4n) is 2.65. The lowest BCUT2D eigenvalue weighted by atomic mass is 10.1. The van der Waals surface area contributed by atoms with E-state index < -0.39 is 0 Å². The molecule has 0 spiro atoms. The van der Waals surface area contributed by atoms with Crippen LogP contribution in [0.2, 0.25) is 0 Å². The summed E-state index contributed by atoms with van der Waals surface area (Å²) in [7, 11) is 0. The van der Waals surface area contributed by atoms with E-state index in [1.165, 1.54) is 0 Å².